The van der Waals surface area contributed by atoms with E-state index in [4.69, 9.17) is 0 Å². The van der Waals surface area contributed by atoms with Crippen molar-refractivity contribution in [3.8, 4) is 11.4 Å². The van der Waals surface area contributed by atoms with Gasteiger partial charge in [-0.2, -0.15) is 0 Å². The first-order valence-electron chi connectivity index (χ1n) is 6.30. The molecule has 0 bridgehead atoms. The number of hydrogen-bond donors (Lipinski definition) is 1. The average Bonchev–Trinajstić information content (AvgIpc) is 2.86. The van der Waals surface area contributed by atoms with Gasteiger partial charge in [-0.05, 0) is 32.0 Å². The summed E-state index contributed by atoms with van der Waals surface area (Å²) in [6, 6.07) is 7.98. The Balaban J connectivity index is 2.18. The molecule has 3 aromatic rings. The molecule has 0 aromatic carbocycles. The van der Waals surface area contributed by atoms with E-state index < -0.39 is 0 Å². The number of hydrogen-bond acceptors (Lipinski definition) is 4. The first-order valence-corrected chi connectivity index (χ1v) is 6.30. The van der Waals surface area contributed by atoms with E-state index in [9.17, 15) is 0 Å². The summed E-state index contributed by atoms with van der Waals surface area (Å²) in [5.74, 6) is 0.662. The number of fused-ring (bicyclic) bond motifs is 1. The lowest BCUT2D eigenvalue weighted by Crippen LogP contribution is -2.04. The molecule has 1 N–H and O–H groups in total. The molecule has 5 heteroatoms. The van der Waals surface area contributed by atoms with Crippen LogP contribution in [0, 0.1) is 6.92 Å². The van der Waals surface area contributed by atoms with Crippen molar-refractivity contribution in [2.45, 2.75) is 13.8 Å². The minimum atomic E-state index is 0.662. The highest BCUT2D eigenvalue weighted by atomic mass is 15.1. The smallest absolute Gasteiger partial charge is 0.223 e. The third-order valence-electron chi connectivity index (χ3n) is 2.88. The van der Waals surface area contributed by atoms with Gasteiger partial charge in [-0.15, -0.1) is 0 Å². The average molecular weight is 253 g/mol. The lowest BCUT2D eigenvalue weighted by molar-refractivity contribution is 1.04. The Morgan fingerprint density at radius 3 is 3.00 bits per heavy atom. The fourth-order valence-electron chi connectivity index (χ4n) is 2.09. The lowest BCUT2D eigenvalue weighted by Gasteiger charge is -2.08. The number of aryl methyl sites for hydroxylation is 1. The SMILES string of the molecule is CCNc1nc(C)cc(-c2cccc3nccn23)n1. The summed E-state index contributed by atoms with van der Waals surface area (Å²) in [6.45, 7) is 4.81. The molecule has 0 saturated carbocycles. The molecule has 0 radical (unpaired) electrons. The number of rotatable bonds is 3. The maximum Gasteiger partial charge on any atom is 0.223 e. The molecule has 0 aliphatic heterocycles. The maximum absolute atomic E-state index is 4.55. The molecule has 0 unspecified atom stereocenters. The van der Waals surface area contributed by atoms with Gasteiger partial charge in [0.15, 0.2) is 0 Å². The van der Waals surface area contributed by atoms with E-state index >= 15 is 0 Å². The molecule has 0 atom stereocenters. The van der Waals surface area contributed by atoms with Crippen molar-refractivity contribution in [3.05, 3.63) is 42.4 Å². The van der Waals surface area contributed by atoms with Crippen LogP contribution in [0.2, 0.25) is 0 Å². The van der Waals surface area contributed by atoms with Gasteiger partial charge >= 0.3 is 0 Å². The van der Waals surface area contributed by atoms with Gasteiger partial charge in [0.25, 0.3) is 0 Å². The van der Waals surface area contributed by atoms with Crippen molar-refractivity contribution in [2.24, 2.45) is 0 Å². The van der Waals surface area contributed by atoms with Crippen LogP contribution in [0.5, 0.6) is 0 Å². The zero-order chi connectivity index (χ0) is 13.2. The Kier molecular flexibility index (Phi) is 2.87. The summed E-state index contributed by atoms with van der Waals surface area (Å²) >= 11 is 0. The molecule has 19 heavy (non-hydrogen) atoms. The van der Waals surface area contributed by atoms with E-state index in [1.165, 1.54) is 0 Å². The molecule has 3 aromatic heterocycles. The van der Waals surface area contributed by atoms with Crippen molar-refractivity contribution in [2.75, 3.05) is 11.9 Å². The Labute approximate surface area is 111 Å². The van der Waals surface area contributed by atoms with Crippen LogP contribution in [-0.2, 0) is 0 Å². The quantitative estimate of drug-likeness (QED) is 0.779. The van der Waals surface area contributed by atoms with Gasteiger partial charge in [-0.1, -0.05) is 6.07 Å². The topological polar surface area (TPSA) is 55.1 Å². The van der Waals surface area contributed by atoms with Gasteiger partial charge < -0.3 is 5.32 Å². The monoisotopic (exact) mass is 253 g/mol. The first-order chi connectivity index (χ1) is 9.28. The van der Waals surface area contributed by atoms with Crippen molar-refractivity contribution in [1.29, 1.82) is 0 Å². The summed E-state index contributed by atoms with van der Waals surface area (Å²) in [5, 5.41) is 3.15. The summed E-state index contributed by atoms with van der Waals surface area (Å²) in [5.41, 5.74) is 3.77. The van der Waals surface area contributed by atoms with E-state index in [2.05, 4.69) is 20.3 Å². The van der Waals surface area contributed by atoms with Gasteiger partial charge in [0, 0.05) is 24.6 Å². The zero-order valence-corrected chi connectivity index (χ0v) is 11.0. The van der Waals surface area contributed by atoms with E-state index in [1.54, 1.807) is 6.20 Å². The number of anilines is 1. The van der Waals surface area contributed by atoms with Crippen LogP contribution < -0.4 is 5.32 Å². The fourth-order valence-corrected chi connectivity index (χ4v) is 2.09. The van der Waals surface area contributed by atoms with Crippen molar-refractivity contribution >= 4 is 11.6 Å². The van der Waals surface area contributed by atoms with E-state index in [0.717, 1.165) is 29.3 Å². The highest BCUT2D eigenvalue weighted by Gasteiger charge is 2.07. The standard InChI is InChI=1S/C14H15N5/c1-3-15-14-17-10(2)9-11(18-14)12-5-4-6-13-16-7-8-19(12)13/h4-9H,3H2,1-2H3,(H,15,17,18). The maximum atomic E-state index is 4.55. The largest absolute Gasteiger partial charge is 0.354 e. The van der Waals surface area contributed by atoms with Crippen LogP contribution in [0.4, 0.5) is 5.95 Å². The van der Waals surface area contributed by atoms with Gasteiger partial charge in [-0.25, -0.2) is 15.0 Å². The molecule has 0 saturated heterocycles. The van der Waals surface area contributed by atoms with Crippen molar-refractivity contribution in [3.63, 3.8) is 0 Å². The van der Waals surface area contributed by atoms with Crippen LogP contribution in [0.25, 0.3) is 17.0 Å². The zero-order valence-electron chi connectivity index (χ0n) is 11.0. The molecular weight excluding hydrogens is 238 g/mol. The summed E-state index contributed by atoms with van der Waals surface area (Å²) < 4.78 is 2.03. The number of nitrogens with zero attached hydrogens (tertiary/aromatic N) is 4. The number of pyridine rings is 1. The molecule has 0 aliphatic carbocycles. The summed E-state index contributed by atoms with van der Waals surface area (Å²) in [4.78, 5) is 13.2. The van der Waals surface area contributed by atoms with Crippen LogP contribution in [0.1, 0.15) is 12.6 Å². The van der Waals surface area contributed by atoms with Crippen molar-refractivity contribution in [1.82, 2.24) is 19.4 Å². The Morgan fingerprint density at radius 1 is 1.26 bits per heavy atom. The van der Waals surface area contributed by atoms with Gasteiger partial charge in [-0.3, -0.25) is 4.40 Å². The molecule has 3 heterocycles. The van der Waals surface area contributed by atoms with Crippen LogP contribution in [-0.4, -0.2) is 25.9 Å². The van der Waals surface area contributed by atoms with E-state index in [-0.39, 0.29) is 0 Å². The van der Waals surface area contributed by atoms with E-state index in [1.807, 2.05) is 48.7 Å². The third-order valence-corrected chi connectivity index (χ3v) is 2.88. The second kappa shape index (κ2) is 4.68. The highest BCUT2D eigenvalue weighted by Crippen LogP contribution is 2.20. The minimum Gasteiger partial charge on any atom is -0.354 e. The minimum absolute atomic E-state index is 0.662. The molecule has 0 fully saturated rings. The number of aromatic nitrogens is 4. The van der Waals surface area contributed by atoms with Crippen LogP contribution in [0.3, 0.4) is 0 Å². The second-order valence-corrected chi connectivity index (χ2v) is 4.31. The van der Waals surface area contributed by atoms with Crippen LogP contribution in [0.15, 0.2) is 36.7 Å². The Hall–Kier alpha value is -2.43. The molecule has 3 rings (SSSR count). The number of imidazole rings is 1. The number of nitrogens with one attached hydrogen (secondary N) is 1. The first kappa shape index (κ1) is 11.6. The normalized spacial score (nSPS) is 10.8. The van der Waals surface area contributed by atoms with Gasteiger partial charge in [0.2, 0.25) is 5.95 Å². The molecular formula is C14H15N5. The molecule has 0 aliphatic rings. The predicted octanol–water partition coefficient (Wildman–Crippen LogP) is 2.53. The Bertz CT molecular complexity index is 717. The molecule has 5 nitrogen and oxygen atoms in total. The highest BCUT2D eigenvalue weighted by molar-refractivity contribution is 5.61. The van der Waals surface area contributed by atoms with Crippen molar-refractivity contribution < 1.29 is 0 Å². The molecule has 0 amide bonds. The molecule has 96 valence electrons. The van der Waals surface area contributed by atoms with E-state index in [0.29, 0.717) is 5.95 Å². The Morgan fingerprint density at radius 2 is 2.16 bits per heavy atom. The van der Waals surface area contributed by atoms with Gasteiger partial charge in [0.05, 0.1) is 11.4 Å². The second-order valence-electron chi connectivity index (χ2n) is 4.31. The van der Waals surface area contributed by atoms with Gasteiger partial charge in [0.1, 0.15) is 5.65 Å². The fraction of sp³-hybridized carbons (Fsp3) is 0.214. The van der Waals surface area contributed by atoms with Crippen LogP contribution >= 0.6 is 0 Å². The summed E-state index contributed by atoms with van der Waals surface area (Å²) in [6.07, 6.45) is 3.73. The third kappa shape index (κ3) is 2.14. The lowest BCUT2D eigenvalue weighted by atomic mass is 10.2. The summed E-state index contributed by atoms with van der Waals surface area (Å²) in [7, 11) is 0. The molecule has 0 spiro atoms. The predicted molar refractivity (Wildman–Crippen MR) is 75.1 cm³/mol.